The zero-order valence-corrected chi connectivity index (χ0v) is 17.9. The average Bonchev–Trinajstić information content (AvgIpc) is 3.24. The molecule has 1 amide bonds. The molecule has 1 N–H and O–H groups in total. The molecule has 1 fully saturated rings. The Morgan fingerprint density at radius 1 is 1.27 bits per heavy atom. The van der Waals surface area contributed by atoms with Crippen molar-refractivity contribution in [3.05, 3.63) is 65.3 Å². The number of hydrogen-bond donors (Lipinski definition) is 1. The molecule has 8 heteroatoms. The molecule has 7 nitrogen and oxygen atoms in total. The van der Waals surface area contributed by atoms with Gasteiger partial charge < -0.3 is 14.8 Å². The normalized spacial score (nSPS) is 16.7. The van der Waals surface area contributed by atoms with E-state index in [1.807, 2.05) is 18.5 Å². The van der Waals surface area contributed by atoms with Crippen molar-refractivity contribution in [3.8, 4) is 0 Å². The second-order valence-electron chi connectivity index (χ2n) is 7.84. The van der Waals surface area contributed by atoms with E-state index in [1.165, 1.54) is 0 Å². The summed E-state index contributed by atoms with van der Waals surface area (Å²) in [5.41, 5.74) is 1.16. The van der Waals surface area contributed by atoms with Gasteiger partial charge in [-0.05, 0) is 57.0 Å². The predicted molar refractivity (Wildman–Crippen MR) is 118 cm³/mol. The molecular weight excluding hydrogens is 400 g/mol. The smallest absolute Gasteiger partial charge is 0.257 e. The van der Waals surface area contributed by atoms with Crippen molar-refractivity contribution in [1.82, 2.24) is 19.7 Å². The summed E-state index contributed by atoms with van der Waals surface area (Å²) in [6, 6.07) is 11.1. The third-order valence-corrected chi connectivity index (χ3v) is 5.60. The Hall–Kier alpha value is -2.93. The Morgan fingerprint density at radius 3 is 2.87 bits per heavy atom. The van der Waals surface area contributed by atoms with E-state index in [0.717, 1.165) is 37.6 Å². The van der Waals surface area contributed by atoms with Crippen molar-refractivity contribution in [1.29, 1.82) is 0 Å². The third kappa shape index (κ3) is 4.46. The molecule has 1 aromatic carbocycles. The van der Waals surface area contributed by atoms with Crippen LogP contribution in [0.1, 0.15) is 54.8 Å². The number of carbonyl (C=O) groups excluding carboxylic acids is 1. The van der Waals surface area contributed by atoms with Gasteiger partial charge >= 0.3 is 0 Å². The molecule has 156 valence electrons. The number of anilines is 2. The maximum absolute atomic E-state index is 12.5. The second kappa shape index (κ2) is 8.83. The first-order valence-electron chi connectivity index (χ1n) is 10.2. The van der Waals surface area contributed by atoms with Crippen LogP contribution in [0.4, 0.5) is 11.5 Å². The number of carbonyl (C=O) groups is 1. The van der Waals surface area contributed by atoms with Gasteiger partial charge in [0.15, 0.2) is 0 Å². The first-order chi connectivity index (χ1) is 14.5. The lowest BCUT2D eigenvalue weighted by Gasteiger charge is -2.33. The van der Waals surface area contributed by atoms with E-state index in [2.05, 4.69) is 43.8 Å². The molecule has 0 saturated carbocycles. The van der Waals surface area contributed by atoms with Crippen molar-refractivity contribution < 1.29 is 4.79 Å². The lowest BCUT2D eigenvalue weighted by Crippen LogP contribution is -2.36. The largest absolute Gasteiger partial charge is 0.356 e. The van der Waals surface area contributed by atoms with Crippen molar-refractivity contribution in [2.24, 2.45) is 0 Å². The predicted octanol–water partition coefficient (Wildman–Crippen LogP) is 4.54. The Balaban J connectivity index is 1.44. The molecule has 0 spiro atoms. The number of pyridine rings is 1. The maximum atomic E-state index is 12.5. The molecule has 1 aliphatic rings. The minimum absolute atomic E-state index is 0.210. The Morgan fingerprint density at radius 2 is 2.13 bits per heavy atom. The van der Waals surface area contributed by atoms with E-state index in [1.54, 1.807) is 30.5 Å². The number of piperidine rings is 1. The summed E-state index contributed by atoms with van der Waals surface area (Å²) in [7, 11) is 0. The van der Waals surface area contributed by atoms with Crippen LogP contribution < -0.4 is 10.2 Å². The zero-order chi connectivity index (χ0) is 21.1. The summed E-state index contributed by atoms with van der Waals surface area (Å²) in [6.45, 7) is 6.06. The van der Waals surface area contributed by atoms with Gasteiger partial charge in [0, 0.05) is 42.0 Å². The third-order valence-electron chi connectivity index (χ3n) is 5.36. The van der Waals surface area contributed by atoms with Crippen LogP contribution in [0.2, 0.25) is 5.02 Å². The summed E-state index contributed by atoms with van der Waals surface area (Å²) < 4.78 is 2.14. The van der Waals surface area contributed by atoms with Crippen LogP contribution in [0.15, 0.2) is 48.9 Å². The molecular formula is C22H25ClN6O. The van der Waals surface area contributed by atoms with Crippen LogP contribution >= 0.6 is 11.6 Å². The Bertz CT molecular complexity index is 1020. The van der Waals surface area contributed by atoms with Gasteiger partial charge in [-0.2, -0.15) is 0 Å². The van der Waals surface area contributed by atoms with Crippen molar-refractivity contribution in [2.75, 3.05) is 23.3 Å². The summed E-state index contributed by atoms with van der Waals surface area (Å²) in [5, 5.41) is 11.9. The van der Waals surface area contributed by atoms with E-state index in [9.17, 15) is 4.79 Å². The van der Waals surface area contributed by atoms with Gasteiger partial charge in [0.25, 0.3) is 5.91 Å². The molecule has 3 heterocycles. The highest BCUT2D eigenvalue weighted by molar-refractivity contribution is 6.30. The summed E-state index contributed by atoms with van der Waals surface area (Å²) in [6.07, 6.45) is 5.58. The van der Waals surface area contributed by atoms with Crippen molar-refractivity contribution in [3.63, 3.8) is 0 Å². The first-order valence-corrected chi connectivity index (χ1v) is 10.6. The molecule has 1 saturated heterocycles. The standard InChI is InChI=1S/C22H25ClN6O/c1-15(2)29-14-25-27-21(29)17-5-4-10-28(13-17)20-9-8-16(12-24-20)22(30)26-19-7-3-6-18(23)11-19/h3,6-9,11-12,14-15,17H,4-5,10,13H2,1-2H3,(H,26,30). The topological polar surface area (TPSA) is 75.9 Å². The molecule has 1 atom stereocenters. The highest BCUT2D eigenvalue weighted by Gasteiger charge is 2.26. The highest BCUT2D eigenvalue weighted by atomic mass is 35.5. The number of aromatic nitrogens is 4. The number of amides is 1. The number of nitrogens with one attached hydrogen (secondary N) is 1. The molecule has 2 aromatic heterocycles. The Labute approximate surface area is 181 Å². The number of benzene rings is 1. The fourth-order valence-electron chi connectivity index (χ4n) is 3.81. The van der Waals surface area contributed by atoms with E-state index in [-0.39, 0.29) is 5.91 Å². The monoisotopic (exact) mass is 424 g/mol. The van der Waals surface area contributed by atoms with Gasteiger partial charge in [-0.3, -0.25) is 4.79 Å². The molecule has 0 radical (unpaired) electrons. The van der Waals surface area contributed by atoms with E-state index < -0.39 is 0 Å². The molecule has 30 heavy (non-hydrogen) atoms. The molecule has 1 aliphatic heterocycles. The number of halogens is 1. The van der Waals surface area contributed by atoms with Crippen LogP contribution in [0.3, 0.4) is 0 Å². The number of hydrogen-bond acceptors (Lipinski definition) is 5. The van der Waals surface area contributed by atoms with Crippen molar-refractivity contribution >= 4 is 29.0 Å². The van der Waals surface area contributed by atoms with Gasteiger partial charge in [-0.1, -0.05) is 17.7 Å². The first kappa shape index (κ1) is 20.3. The van der Waals surface area contributed by atoms with Crippen LogP contribution in [0.5, 0.6) is 0 Å². The number of rotatable bonds is 5. The van der Waals surface area contributed by atoms with Gasteiger partial charge in [0.2, 0.25) is 0 Å². The van der Waals surface area contributed by atoms with Gasteiger partial charge in [0.05, 0.1) is 5.56 Å². The van der Waals surface area contributed by atoms with Crippen LogP contribution in [0.25, 0.3) is 0 Å². The van der Waals surface area contributed by atoms with Gasteiger partial charge in [0.1, 0.15) is 18.0 Å². The maximum Gasteiger partial charge on any atom is 0.257 e. The highest BCUT2D eigenvalue weighted by Crippen LogP contribution is 2.29. The average molecular weight is 425 g/mol. The van der Waals surface area contributed by atoms with Gasteiger partial charge in [-0.25, -0.2) is 4.98 Å². The molecule has 0 bridgehead atoms. The van der Waals surface area contributed by atoms with Crippen molar-refractivity contribution in [2.45, 2.75) is 38.6 Å². The number of nitrogens with zero attached hydrogens (tertiary/aromatic N) is 5. The summed E-state index contributed by atoms with van der Waals surface area (Å²) >= 11 is 5.98. The fourth-order valence-corrected chi connectivity index (χ4v) is 4.00. The second-order valence-corrected chi connectivity index (χ2v) is 8.28. The molecule has 4 rings (SSSR count). The molecule has 0 aliphatic carbocycles. The SMILES string of the molecule is CC(C)n1cnnc1C1CCCN(c2ccc(C(=O)Nc3cccc(Cl)c3)cn2)C1. The van der Waals surface area contributed by atoms with E-state index in [4.69, 9.17) is 11.6 Å². The van der Waals surface area contributed by atoms with E-state index in [0.29, 0.717) is 28.2 Å². The minimum Gasteiger partial charge on any atom is -0.356 e. The molecule has 3 aromatic rings. The quantitative estimate of drug-likeness (QED) is 0.650. The minimum atomic E-state index is -0.210. The fraction of sp³-hybridized carbons (Fsp3) is 0.364. The van der Waals surface area contributed by atoms with Crippen LogP contribution in [-0.4, -0.2) is 38.7 Å². The zero-order valence-electron chi connectivity index (χ0n) is 17.1. The van der Waals surface area contributed by atoms with E-state index >= 15 is 0 Å². The lowest BCUT2D eigenvalue weighted by atomic mass is 9.97. The van der Waals surface area contributed by atoms with Crippen LogP contribution in [0, 0.1) is 0 Å². The summed E-state index contributed by atoms with van der Waals surface area (Å²) in [5.74, 6) is 2.01. The lowest BCUT2D eigenvalue weighted by molar-refractivity contribution is 0.102. The molecule has 1 unspecified atom stereocenters. The van der Waals surface area contributed by atoms with Crippen LogP contribution in [-0.2, 0) is 0 Å². The summed E-state index contributed by atoms with van der Waals surface area (Å²) in [4.78, 5) is 19.3. The van der Waals surface area contributed by atoms with Gasteiger partial charge in [-0.15, -0.1) is 10.2 Å². The Kier molecular flexibility index (Phi) is 5.99.